The van der Waals surface area contributed by atoms with Gasteiger partial charge in [0.2, 0.25) is 0 Å². The van der Waals surface area contributed by atoms with Crippen molar-refractivity contribution < 1.29 is 0 Å². The van der Waals surface area contributed by atoms with E-state index >= 15 is 0 Å². The van der Waals surface area contributed by atoms with Crippen molar-refractivity contribution in [2.24, 2.45) is 0 Å². The summed E-state index contributed by atoms with van der Waals surface area (Å²) in [5, 5.41) is 9.81. The van der Waals surface area contributed by atoms with Gasteiger partial charge in [-0.15, -0.1) is 0 Å². The molecule has 2 aromatic rings. The first-order valence-corrected chi connectivity index (χ1v) is 6.60. The minimum Gasteiger partial charge on any atom is -0.363 e. The minimum atomic E-state index is -0.105. The van der Waals surface area contributed by atoms with Crippen LogP contribution in [0.5, 0.6) is 0 Å². The van der Waals surface area contributed by atoms with Crippen LogP contribution in [0.25, 0.3) is 10.8 Å². The molecule has 94 valence electrons. The maximum Gasteiger partial charge on any atom is 0.102 e. The van der Waals surface area contributed by atoms with E-state index in [4.69, 9.17) is 0 Å². The Labute approximate surface area is 108 Å². The average Bonchev–Trinajstić information content (AvgIpc) is 2.27. The molecule has 0 spiro atoms. The lowest BCUT2D eigenvalue weighted by Crippen LogP contribution is -2.42. The molecule has 0 saturated carbocycles. The molecule has 1 aliphatic rings. The first-order valence-electron chi connectivity index (χ1n) is 6.60. The van der Waals surface area contributed by atoms with E-state index in [9.17, 15) is 0 Å². The number of anilines is 2. The Bertz CT molecular complexity index is 612. The van der Waals surface area contributed by atoms with Crippen molar-refractivity contribution in [2.45, 2.75) is 39.3 Å². The quantitative estimate of drug-likeness (QED) is 0.765. The van der Waals surface area contributed by atoms with E-state index in [0.29, 0.717) is 5.92 Å². The van der Waals surface area contributed by atoms with E-state index in [1.165, 1.54) is 27.7 Å². The summed E-state index contributed by atoms with van der Waals surface area (Å²) >= 11 is 0. The second-order valence-corrected chi connectivity index (χ2v) is 5.96. The van der Waals surface area contributed by atoms with Crippen molar-refractivity contribution in [3.8, 4) is 0 Å². The molecule has 0 atom stereocenters. The maximum atomic E-state index is 3.64. The number of benzene rings is 2. The molecule has 2 heteroatoms. The summed E-state index contributed by atoms with van der Waals surface area (Å²) < 4.78 is 0. The molecular weight excluding hydrogens is 220 g/mol. The van der Waals surface area contributed by atoms with Gasteiger partial charge in [0, 0.05) is 16.8 Å². The number of hydrogen-bond donors (Lipinski definition) is 2. The van der Waals surface area contributed by atoms with Gasteiger partial charge in [0.05, 0.1) is 0 Å². The molecule has 0 unspecified atom stereocenters. The highest BCUT2D eigenvalue weighted by atomic mass is 15.2. The summed E-state index contributed by atoms with van der Waals surface area (Å²) in [5.41, 5.74) is 3.81. The molecule has 0 saturated heterocycles. The zero-order valence-corrected chi connectivity index (χ0v) is 11.5. The Morgan fingerprint density at radius 3 is 2.50 bits per heavy atom. The molecule has 18 heavy (non-hydrogen) atoms. The van der Waals surface area contributed by atoms with Gasteiger partial charge in [-0.05, 0) is 36.8 Å². The van der Waals surface area contributed by atoms with Crippen LogP contribution in [0.3, 0.4) is 0 Å². The first-order chi connectivity index (χ1) is 8.48. The highest BCUT2D eigenvalue weighted by Gasteiger charge is 2.26. The molecule has 1 aliphatic heterocycles. The van der Waals surface area contributed by atoms with Crippen molar-refractivity contribution in [2.75, 3.05) is 10.6 Å². The van der Waals surface area contributed by atoms with Gasteiger partial charge >= 0.3 is 0 Å². The van der Waals surface area contributed by atoms with Crippen LogP contribution < -0.4 is 10.6 Å². The van der Waals surface area contributed by atoms with Gasteiger partial charge in [-0.2, -0.15) is 0 Å². The highest BCUT2D eigenvalue weighted by Crippen LogP contribution is 2.41. The van der Waals surface area contributed by atoms with Crippen LogP contribution in [0.4, 0.5) is 11.4 Å². The third-order valence-corrected chi connectivity index (χ3v) is 3.58. The Balaban J connectivity index is 2.36. The van der Waals surface area contributed by atoms with Gasteiger partial charge in [0.25, 0.3) is 0 Å². The third-order valence-electron chi connectivity index (χ3n) is 3.58. The largest absolute Gasteiger partial charge is 0.363 e. The average molecular weight is 240 g/mol. The predicted octanol–water partition coefficient (Wildman–Crippen LogP) is 4.54. The zero-order chi connectivity index (χ0) is 12.9. The Morgan fingerprint density at radius 2 is 1.78 bits per heavy atom. The summed E-state index contributed by atoms with van der Waals surface area (Å²) in [4.78, 5) is 0. The second kappa shape index (κ2) is 3.64. The fourth-order valence-corrected chi connectivity index (χ4v) is 2.80. The molecule has 1 heterocycles. The lowest BCUT2D eigenvalue weighted by atomic mass is 9.92. The fraction of sp³-hybridized carbons (Fsp3) is 0.375. The van der Waals surface area contributed by atoms with E-state index in [2.05, 4.69) is 68.7 Å². The monoisotopic (exact) mass is 240 g/mol. The van der Waals surface area contributed by atoms with Crippen LogP contribution >= 0.6 is 0 Å². The van der Waals surface area contributed by atoms with Gasteiger partial charge in [0.1, 0.15) is 5.66 Å². The van der Waals surface area contributed by atoms with E-state index in [0.717, 1.165) is 0 Å². The van der Waals surface area contributed by atoms with Gasteiger partial charge in [-0.1, -0.05) is 38.1 Å². The summed E-state index contributed by atoms with van der Waals surface area (Å²) in [6.45, 7) is 8.84. The van der Waals surface area contributed by atoms with Crippen molar-refractivity contribution in [3.05, 3.63) is 35.9 Å². The summed E-state index contributed by atoms with van der Waals surface area (Å²) in [5.74, 6) is 0.527. The normalized spacial score (nSPS) is 16.5. The van der Waals surface area contributed by atoms with Gasteiger partial charge in [0.15, 0.2) is 0 Å². The van der Waals surface area contributed by atoms with Crippen molar-refractivity contribution in [3.63, 3.8) is 0 Å². The lowest BCUT2D eigenvalue weighted by Gasteiger charge is -2.37. The number of nitrogens with one attached hydrogen (secondary N) is 2. The van der Waals surface area contributed by atoms with E-state index < -0.39 is 0 Å². The Kier molecular flexibility index (Phi) is 2.31. The van der Waals surface area contributed by atoms with Crippen LogP contribution in [0.15, 0.2) is 30.3 Å². The molecule has 0 aliphatic carbocycles. The third kappa shape index (κ3) is 1.64. The zero-order valence-electron chi connectivity index (χ0n) is 11.5. The molecule has 2 N–H and O–H groups in total. The summed E-state index contributed by atoms with van der Waals surface area (Å²) in [6.07, 6.45) is 0. The van der Waals surface area contributed by atoms with Crippen molar-refractivity contribution in [1.29, 1.82) is 0 Å². The molecule has 2 aromatic carbocycles. The molecule has 2 nitrogen and oxygen atoms in total. The van der Waals surface area contributed by atoms with Crippen molar-refractivity contribution >= 4 is 22.1 Å². The highest BCUT2D eigenvalue weighted by molar-refractivity contribution is 6.06. The fourth-order valence-electron chi connectivity index (χ4n) is 2.80. The SMILES string of the molecule is CC(C)c1ccc2cccc3c2c1NC(C)(C)N3. The molecule has 0 aromatic heterocycles. The minimum absolute atomic E-state index is 0.105. The smallest absolute Gasteiger partial charge is 0.102 e. The maximum absolute atomic E-state index is 3.64. The molecule has 3 rings (SSSR count). The molecule has 0 radical (unpaired) electrons. The molecule has 0 bridgehead atoms. The van der Waals surface area contributed by atoms with Crippen LogP contribution in [-0.2, 0) is 0 Å². The van der Waals surface area contributed by atoms with Gasteiger partial charge in [-0.25, -0.2) is 0 Å². The number of hydrogen-bond acceptors (Lipinski definition) is 2. The first kappa shape index (κ1) is 11.4. The van der Waals surface area contributed by atoms with E-state index in [1.54, 1.807) is 0 Å². The predicted molar refractivity (Wildman–Crippen MR) is 79.4 cm³/mol. The standard InChI is InChI=1S/C16H20N2/c1-10(2)12-9-8-11-6-5-7-13-14(11)15(12)18-16(3,4)17-13/h5-10,17-18H,1-4H3. The van der Waals surface area contributed by atoms with Gasteiger partial charge < -0.3 is 10.6 Å². The topological polar surface area (TPSA) is 24.1 Å². The Morgan fingerprint density at radius 1 is 1.00 bits per heavy atom. The van der Waals surface area contributed by atoms with Crippen molar-refractivity contribution in [1.82, 2.24) is 0 Å². The molecular formula is C16H20N2. The summed E-state index contributed by atoms with van der Waals surface area (Å²) in [6, 6.07) is 10.9. The van der Waals surface area contributed by atoms with E-state index in [1.807, 2.05) is 0 Å². The molecule has 0 fully saturated rings. The van der Waals surface area contributed by atoms with Crippen LogP contribution in [-0.4, -0.2) is 5.66 Å². The molecule has 0 amide bonds. The van der Waals surface area contributed by atoms with Gasteiger partial charge in [-0.3, -0.25) is 0 Å². The summed E-state index contributed by atoms with van der Waals surface area (Å²) in [7, 11) is 0. The lowest BCUT2D eigenvalue weighted by molar-refractivity contribution is 0.646. The second-order valence-electron chi connectivity index (χ2n) is 5.96. The van der Waals surface area contributed by atoms with Crippen LogP contribution in [0, 0.1) is 0 Å². The van der Waals surface area contributed by atoms with Crippen LogP contribution in [0.2, 0.25) is 0 Å². The Hall–Kier alpha value is -1.70. The van der Waals surface area contributed by atoms with E-state index in [-0.39, 0.29) is 5.66 Å². The number of rotatable bonds is 1. The van der Waals surface area contributed by atoms with Crippen LogP contribution in [0.1, 0.15) is 39.2 Å².